The number of phenolic OH excluding ortho intramolecular Hbond substituents is 1. The zero-order valence-electron chi connectivity index (χ0n) is 9.96. The largest absolute Gasteiger partial charge is 0.506 e. The molecule has 1 aromatic rings. The van der Waals surface area contributed by atoms with Gasteiger partial charge in [-0.1, -0.05) is 35.7 Å². The Labute approximate surface area is 132 Å². The molecule has 0 saturated heterocycles. The third-order valence-corrected chi connectivity index (χ3v) is 4.85. The molecule has 18 heavy (non-hydrogen) atoms. The van der Waals surface area contributed by atoms with Crippen molar-refractivity contribution in [2.24, 2.45) is 5.73 Å². The molecule has 4 N–H and O–H groups in total. The van der Waals surface area contributed by atoms with Crippen molar-refractivity contribution in [2.45, 2.75) is 38.3 Å². The lowest BCUT2D eigenvalue weighted by Crippen LogP contribution is -2.26. The molecule has 102 valence electrons. The Morgan fingerprint density at radius 2 is 1.89 bits per heavy atom. The molecule has 0 aliphatic carbocycles. The van der Waals surface area contributed by atoms with Gasteiger partial charge in [-0.3, -0.25) is 0 Å². The minimum atomic E-state index is -0.627. The normalized spacial score (nSPS) is 14.6. The quantitative estimate of drug-likeness (QED) is 0.635. The van der Waals surface area contributed by atoms with Crippen LogP contribution in [-0.2, 0) is 0 Å². The number of benzene rings is 1. The smallest absolute Gasteiger partial charge is 0.144 e. The van der Waals surface area contributed by atoms with Crippen LogP contribution in [0.4, 0.5) is 0 Å². The lowest BCUT2D eigenvalue weighted by Gasteiger charge is -2.22. The van der Waals surface area contributed by atoms with Gasteiger partial charge in [0.1, 0.15) is 5.75 Å². The molecule has 0 saturated carbocycles. The van der Waals surface area contributed by atoms with Gasteiger partial charge in [-0.2, -0.15) is 0 Å². The minimum Gasteiger partial charge on any atom is -0.506 e. The Balaban J connectivity index is 3.05. The van der Waals surface area contributed by atoms with Crippen molar-refractivity contribution >= 4 is 47.8 Å². The molecular weight excluding hydrogens is 430 g/mol. The number of hydrogen-bond acceptors (Lipinski definition) is 3. The van der Waals surface area contributed by atoms with Gasteiger partial charge in [0.2, 0.25) is 0 Å². The standard InChI is InChI=1S/C12H16Br3NO2/c1-2-3-4-8(17)11(16)9-6(13)5-7(14)12(18)10(9)15/h5,8,11,17-18H,2-4,16H2,1H3/t8-,11-/m0/s1. The molecule has 0 spiro atoms. The topological polar surface area (TPSA) is 66.5 Å². The summed E-state index contributed by atoms with van der Waals surface area (Å²) in [4.78, 5) is 0. The van der Waals surface area contributed by atoms with E-state index in [1.165, 1.54) is 0 Å². The first-order chi connectivity index (χ1) is 8.40. The summed E-state index contributed by atoms with van der Waals surface area (Å²) in [5.41, 5.74) is 6.74. The van der Waals surface area contributed by atoms with E-state index in [1.54, 1.807) is 6.07 Å². The molecule has 1 aromatic carbocycles. The summed E-state index contributed by atoms with van der Waals surface area (Å²) < 4.78 is 1.83. The molecular formula is C12H16Br3NO2. The molecule has 2 atom stereocenters. The summed E-state index contributed by atoms with van der Waals surface area (Å²) in [7, 11) is 0. The number of aliphatic hydroxyl groups is 1. The highest BCUT2D eigenvalue weighted by atomic mass is 79.9. The van der Waals surface area contributed by atoms with E-state index in [9.17, 15) is 10.2 Å². The van der Waals surface area contributed by atoms with Crippen LogP contribution < -0.4 is 5.73 Å². The van der Waals surface area contributed by atoms with E-state index in [0.717, 1.165) is 17.3 Å². The zero-order valence-corrected chi connectivity index (χ0v) is 14.7. The number of rotatable bonds is 5. The Bertz CT molecular complexity index is 426. The van der Waals surface area contributed by atoms with Crippen LogP contribution in [0.15, 0.2) is 19.5 Å². The van der Waals surface area contributed by atoms with Crippen LogP contribution >= 0.6 is 47.8 Å². The average molecular weight is 446 g/mol. The van der Waals surface area contributed by atoms with Gasteiger partial charge >= 0.3 is 0 Å². The Morgan fingerprint density at radius 3 is 2.44 bits per heavy atom. The summed E-state index contributed by atoms with van der Waals surface area (Å²) in [6.07, 6.45) is 1.95. The predicted octanol–water partition coefficient (Wildman–Crippen LogP) is 4.23. The Morgan fingerprint density at radius 1 is 1.28 bits per heavy atom. The van der Waals surface area contributed by atoms with Crippen LogP contribution in [0.3, 0.4) is 0 Å². The van der Waals surface area contributed by atoms with Crippen LogP contribution in [0.5, 0.6) is 5.75 Å². The number of hydrogen-bond donors (Lipinski definition) is 3. The van der Waals surface area contributed by atoms with Crippen LogP contribution in [-0.4, -0.2) is 16.3 Å². The van der Waals surface area contributed by atoms with E-state index < -0.39 is 12.1 Å². The summed E-state index contributed by atoms with van der Waals surface area (Å²) in [5, 5.41) is 19.9. The molecule has 0 aliphatic rings. The fourth-order valence-electron chi connectivity index (χ4n) is 1.69. The van der Waals surface area contributed by atoms with Gasteiger partial charge in [-0.25, -0.2) is 0 Å². The van der Waals surface area contributed by atoms with Crippen molar-refractivity contribution in [1.82, 2.24) is 0 Å². The molecule has 0 aromatic heterocycles. The van der Waals surface area contributed by atoms with Gasteiger partial charge in [-0.15, -0.1) is 0 Å². The first kappa shape index (κ1) is 16.4. The van der Waals surface area contributed by atoms with E-state index in [1.807, 2.05) is 0 Å². The van der Waals surface area contributed by atoms with E-state index in [0.29, 0.717) is 20.9 Å². The highest BCUT2D eigenvalue weighted by molar-refractivity contribution is 9.11. The van der Waals surface area contributed by atoms with Gasteiger partial charge in [0.15, 0.2) is 0 Å². The number of nitrogens with two attached hydrogens (primary N) is 1. The van der Waals surface area contributed by atoms with Gasteiger partial charge in [0, 0.05) is 10.0 Å². The highest BCUT2D eigenvalue weighted by Gasteiger charge is 2.24. The third-order valence-electron chi connectivity index (χ3n) is 2.78. The van der Waals surface area contributed by atoms with E-state index >= 15 is 0 Å². The van der Waals surface area contributed by atoms with Gasteiger partial charge in [0.05, 0.1) is 21.1 Å². The van der Waals surface area contributed by atoms with Crippen LogP contribution in [0, 0.1) is 0 Å². The van der Waals surface area contributed by atoms with Crippen LogP contribution in [0.25, 0.3) is 0 Å². The number of halogens is 3. The minimum absolute atomic E-state index is 0.0892. The summed E-state index contributed by atoms with van der Waals surface area (Å²) in [6.45, 7) is 2.07. The molecule has 0 amide bonds. The maximum atomic E-state index is 10.1. The molecule has 1 rings (SSSR count). The van der Waals surface area contributed by atoms with Crippen LogP contribution in [0.1, 0.15) is 37.8 Å². The molecule has 0 heterocycles. The summed E-state index contributed by atoms with van der Waals surface area (Å²) >= 11 is 9.97. The molecule has 0 bridgehead atoms. The van der Waals surface area contributed by atoms with Crippen molar-refractivity contribution < 1.29 is 10.2 Å². The lowest BCUT2D eigenvalue weighted by atomic mass is 9.98. The average Bonchev–Trinajstić information content (AvgIpc) is 2.33. The van der Waals surface area contributed by atoms with Crippen LogP contribution in [0.2, 0.25) is 0 Å². The fourth-order valence-corrected chi connectivity index (χ4v) is 4.33. The summed E-state index contributed by atoms with van der Waals surface area (Å²) in [6, 6.07) is 1.18. The molecule has 0 aliphatic heterocycles. The molecule has 0 radical (unpaired) electrons. The van der Waals surface area contributed by atoms with Crippen molar-refractivity contribution in [3.63, 3.8) is 0 Å². The number of aliphatic hydroxyl groups excluding tert-OH is 1. The first-order valence-electron chi connectivity index (χ1n) is 5.70. The second kappa shape index (κ2) is 7.24. The molecule has 0 fully saturated rings. The fraction of sp³-hybridized carbons (Fsp3) is 0.500. The summed E-state index contributed by atoms with van der Waals surface area (Å²) in [5.74, 6) is 0.0892. The maximum absolute atomic E-state index is 10.1. The maximum Gasteiger partial charge on any atom is 0.144 e. The molecule has 3 nitrogen and oxygen atoms in total. The van der Waals surface area contributed by atoms with Gasteiger partial charge < -0.3 is 15.9 Å². The van der Waals surface area contributed by atoms with Gasteiger partial charge in [-0.05, 0) is 44.3 Å². The van der Waals surface area contributed by atoms with Crippen molar-refractivity contribution in [1.29, 1.82) is 0 Å². The first-order valence-corrected chi connectivity index (χ1v) is 8.08. The Hall–Kier alpha value is 0.380. The second-order valence-corrected chi connectivity index (χ2v) is 6.65. The zero-order chi connectivity index (χ0) is 13.9. The monoisotopic (exact) mass is 443 g/mol. The van der Waals surface area contributed by atoms with E-state index in [-0.39, 0.29) is 5.75 Å². The second-order valence-electron chi connectivity index (χ2n) is 4.15. The SMILES string of the molecule is CCCC[C@H](O)[C@H](N)c1c(Br)cc(Br)c(O)c1Br. The van der Waals surface area contributed by atoms with Crippen molar-refractivity contribution in [2.75, 3.05) is 0 Å². The number of phenols is 1. The lowest BCUT2D eigenvalue weighted by molar-refractivity contribution is 0.132. The Kier molecular flexibility index (Phi) is 6.61. The molecule has 0 unspecified atom stereocenters. The number of aromatic hydroxyl groups is 1. The molecule has 6 heteroatoms. The van der Waals surface area contributed by atoms with E-state index in [4.69, 9.17) is 5.73 Å². The highest BCUT2D eigenvalue weighted by Crippen LogP contribution is 2.42. The predicted molar refractivity (Wildman–Crippen MR) is 83.7 cm³/mol. The van der Waals surface area contributed by atoms with Crippen molar-refractivity contribution in [3.8, 4) is 5.75 Å². The van der Waals surface area contributed by atoms with Crippen molar-refractivity contribution in [3.05, 3.63) is 25.0 Å². The number of unbranched alkanes of at least 4 members (excludes halogenated alkanes) is 1. The van der Waals surface area contributed by atoms with E-state index in [2.05, 4.69) is 54.7 Å². The third kappa shape index (κ3) is 3.70. The van der Waals surface area contributed by atoms with Gasteiger partial charge in [0.25, 0.3) is 0 Å².